The summed E-state index contributed by atoms with van der Waals surface area (Å²) < 4.78 is 5.82. The molecule has 122 valence electrons. The van der Waals surface area contributed by atoms with Crippen molar-refractivity contribution in [3.63, 3.8) is 0 Å². The van der Waals surface area contributed by atoms with E-state index in [1.807, 2.05) is 13.0 Å². The van der Waals surface area contributed by atoms with E-state index in [2.05, 4.69) is 4.98 Å². The molecule has 0 aliphatic carbocycles. The Morgan fingerprint density at radius 1 is 1.26 bits per heavy atom. The molecule has 23 heavy (non-hydrogen) atoms. The molecule has 0 spiro atoms. The van der Waals surface area contributed by atoms with Crippen LogP contribution in [0.25, 0.3) is 0 Å². The number of likely N-dealkylation sites (N-methyl/N-ethyl adjacent to an activating group) is 1. The Morgan fingerprint density at radius 3 is 2.52 bits per heavy atom. The number of ether oxygens (including phenoxy) is 1. The molecule has 1 N–H and O–H groups in total. The second-order valence-corrected chi connectivity index (χ2v) is 6.24. The predicted molar refractivity (Wildman–Crippen MR) is 88.7 cm³/mol. The number of carbonyl (C=O) groups excluding carboxylic acids is 1. The molecule has 0 fully saturated rings. The zero-order chi connectivity index (χ0) is 17.0. The van der Waals surface area contributed by atoms with Crippen LogP contribution in [0.4, 0.5) is 0 Å². The van der Waals surface area contributed by atoms with Gasteiger partial charge in [0.25, 0.3) is 5.91 Å². The van der Waals surface area contributed by atoms with Crippen LogP contribution in [-0.4, -0.2) is 40.1 Å². The van der Waals surface area contributed by atoms with Crippen molar-refractivity contribution in [1.82, 2.24) is 9.88 Å². The topological polar surface area (TPSA) is 62.7 Å². The van der Waals surface area contributed by atoms with Gasteiger partial charge in [-0.3, -0.25) is 9.78 Å². The van der Waals surface area contributed by atoms with E-state index in [9.17, 15) is 9.90 Å². The molecule has 1 aromatic heterocycles. The molecule has 0 bridgehead atoms. The van der Waals surface area contributed by atoms with E-state index in [-0.39, 0.29) is 12.5 Å². The number of aryl methyl sites for hydroxylation is 1. The SMILES string of the molecule is Cc1ccc(C(=O)N(C)CC(C)(C)O)cc1Oc1ccncc1. The van der Waals surface area contributed by atoms with Crippen molar-refractivity contribution in [2.24, 2.45) is 0 Å². The number of benzene rings is 1. The highest BCUT2D eigenvalue weighted by molar-refractivity contribution is 5.94. The van der Waals surface area contributed by atoms with Crippen molar-refractivity contribution in [3.05, 3.63) is 53.9 Å². The summed E-state index contributed by atoms with van der Waals surface area (Å²) in [6.07, 6.45) is 3.30. The van der Waals surface area contributed by atoms with Crippen LogP contribution in [0.5, 0.6) is 11.5 Å². The number of pyridine rings is 1. The highest BCUT2D eigenvalue weighted by Crippen LogP contribution is 2.26. The van der Waals surface area contributed by atoms with Gasteiger partial charge in [-0.15, -0.1) is 0 Å². The summed E-state index contributed by atoms with van der Waals surface area (Å²) in [7, 11) is 1.67. The molecule has 2 rings (SSSR count). The summed E-state index contributed by atoms with van der Waals surface area (Å²) in [5.74, 6) is 1.13. The van der Waals surface area contributed by atoms with Gasteiger partial charge in [-0.25, -0.2) is 0 Å². The van der Waals surface area contributed by atoms with Gasteiger partial charge in [-0.1, -0.05) is 6.07 Å². The Hall–Kier alpha value is -2.40. The zero-order valence-electron chi connectivity index (χ0n) is 13.9. The van der Waals surface area contributed by atoms with Gasteiger partial charge >= 0.3 is 0 Å². The fourth-order valence-corrected chi connectivity index (χ4v) is 2.25. The van der Waals surface area contributed by atoms with Gasteiger partial charge in [0.2, 0.25) is 0 Å². The lowest BCUT2D eigenvalue weighted by Crippen LogP contribution is -2.39. The first-order valence-electron chi connectivity index (χ1n) is 7.43. The summed E-state index contributed by atoms with van der Waals surface area (Å²) in [6, 6.07) is 8.85. The van der Waals surface area contributed by atoms with E-state index < -0.39 is 5.60 Å². The zero-order valence-corrected chi connectivity index (χ0v) is 13.9. The summed E-state index contributed by atoms with van der Waals surface area (Å²) in [5, 5.41) is 9.85. The average molecular weight is 314 g/mol. The molecule has 0 saturated carbocycles. The molecule has 0 atom stereocenters. The lowest BCUT2D eigenvalue weighted by atomic mass is 10.1. The minimum Gasteiger partial charge on any atom is -0.457 e. The molecule has 1 aromatic carbocycles. The minimum atomic E-state index is -0.939. The predicted octanol–water partition coefficient (Wildman–Crippen LogP) is 3.03. The molecular formula is C18H22N2O3. The quantitative estimate of drug-likeness (QED) is 0.921. The Labute approximate surface area is 136 Å². The normalized spacial score (nSPS) is 11.2. The first kappa shape index (κ1) is 17.0. The summed E-state index contributed by atoms with van der Waals surface area (Å²) >= 11 is 0. The van der Waals surface area contributed by atoms with Gasteiger partial charge in [0.1, 0.15) is 11.5 Å². The van der Waals surface area contributed by atoms with Crippen LogP contribution in [-0.2, 0) is 0 Å². The molecule has 2 aromatic rings. The maximum absolute atomic E-state index is 12.5. The third kappa shape index (κ3) is 4.79. The van der Waals surface area contributed by atoms with E-state index in [1.165, 1.54) is 4.90 Å². The largest absolute Gasteiger partial charge is 0.457 e. The van der Waals surface area contributed by atoms with Crippen LogP contribution < -0.4 is 4.74 Å². The Kier molecular flexibility index (Phi) is 5.01. The van der Waals surface area contributed by atoms with Crippen LogP contribution in [0.15, 0.2) is 42.7 Å². The Morgan fingerprint density at radius 2 is 1.91 bits per heavy atom. The van der Waals surface area contributed by atoms with E-state index in [0.717, 1.165) is 5.56 Å². The van der Waals surface area contributed by atoms with Crippen LogP contribution in [0.1, 0.15) is 29.8 Å². The average Bonchev–Trinajstić information content (AvgIpc) is 2.48. The Bertz CT molecular complexity index is 678. The van der Waals surface area contributed by atoms with Crippen molar-refractivity contribution in [1.29, 1.82) is 0 Å². The lowest BCUT2D eigenvalue weighted by molar-refractivity contribution is 0.0368. The van der Waals surface area contributed by atoms with E-state index >= 15 is 0 Å². The molecule has 0 aliphatic rings. The number of amides is 1. The van der Waals surface area contributed by atoms with Crippen molar-refractivity contribution in [2.75, 3.05) is 13.6 Å². The molecule has 0 radical (unpaired) electrons. The van der Waals surface area contributed by atoms with Crippen molar-refractivity contribution in [2.45, 2.75) is 26.4 Å². The fourth-order valence-electron chi connectivity index (χ4n) is 2.25. The second kappa shape index (κ2) is 6.79. The Balaban J connectivity index is 2.21. The molecule has 5 nitrogen and oxygen atoms in total. The van der Waals surface area contributed by atoms with Gasteiger partial charge in [-0.2, -0.15) is 0 Å². The van der Waals surface area contributed by atoms with Crippen LogP contribution in [0.3, 0.4) is 0 Å². The molecule has 0 aliphatic heterocycles. The minimum absolute atomic E-state index is 0.160. The molecule has 1 amide bonds. The summed E-state index contributed by atoms with van der Waals surface area (Å²) in [5.41, 5.74) is 0.515. The lowest BCUT2D eigenvalue weighted by Gasteiger charge is -2.25. The first-order valence-corrected chi connectivity index (χ1v) is 7.43. The molecule has 5 heteroatoms. The maximum Gasteiger partial charge on any atom is 0.253 e. The number of aliphatic hydroxyl groups is 1. The van der Waals surface area contributed by atoms with Gasteiger partial charge < -0.3 is 14.7 Å². The van der Waals surface area contributed by atoms with Crippen molar-refractivity contribution < 1.29 is 14.6 Å². The monoisotopic (exact) mass is 314 g/mol. The number of hydrogen-bond acceptors (Lipinski definition) is 4. The molecule has 1 heterocycles. The van der Waals surface area contributed by atoms with E-state index in [1.54, 1.807) is 57.6 Å². The number of hydrogen-bond donors (Lipinski definition) is 1. The molecular weight excluding hydrogens is 292 g/mol. The summed E-state index contributed by atoms with van der Waals surface area (Å²) in [4.78, 5) is 17.9. The van der Waals surface area contributed by atoms with Gasteiger partial charge in [0, 0.05) is 31.5 Å². The standard InChI is InChI=1S/C18H22N2O3/c1-13-5-6-14(17(21)20(4)12-18(2,3)22)11-16(13)23-15-7-9-19-10-8-15/h5-11,22H,12H2,1-4H3. The molecule has 0 unspecified atom stereocenters. The van der Waals surface area contributed by atoms with Gasteiger partial charge in [0.05, 0.1) is 5.60 Å². The maximum atomic E-state index is 12.5. The number of rotatable bonds is 5. The highest BCUT2D eigenvalue weighted by Gasteiger charge is 2.21. The number of aromatic nitrogens is 1. The van der Waals surface area contributed by atoms with Crippen molar-refractivity contribution in [3.8, 4) is 11.5 Å². The van der Waals surface area contributed by atoms with Gasteiger partial charge in [-0.05, 0) is 50.6 Å². The van der Waals surface area contributed by atoms with E-state index in [4.69, 9.17) is 4.74 Å². The van der Waals surface area contributed by atoms with Crippen LogP contribution in [0, 0.1) is 6.92 Å². The third-order valence-corrected chi connectivity index (χ3v) is 3.28. The molecule has 0 saturated heterocycles. The van der Waals surface area contributed by atoms with Crippen molar-refractivity contribution >= 4 is 5.91 Å². The number of nitrogens with zero attached hydrogens (tertiary/aromatic N) is 2. The van der Waals surface area contributed by atoms with E-state index in [0.29, 0.717) is 17.1 Å². The van der Waals surface area contributed by atoms with Crippen LogP contribution in [0.2, 0.25) is 0 Å². The fraction of sp³-hybridized carbons (Fsp3) is 0.333. The second-order valence-electron chi connectivity index (χ2n) is 6.24. The third-order valence-electron chi connectivity index (χ3n) is 3.28. The van der Waals surface area contributed by atoms with Crippen LogP contribution >= 0.6 is 0 Å². The van der Waals surface area contributed by atoms with Gasteiger partial charge in [0.15, 0.2) is 0 Å². The first-order chi connectivity index (χ1) is 10.8. The highest BCUT2D eigenvalue weighted by atomic mass is 16.5. The summed E-state index contributed by atoms with van der Waals surface area (Å²) in [6.45, 7) is 5.51. The number of carbonyl (C=O) groups is 1. The smallest absolute Gasteiger partial charge is 0.253 e.